The number of nitrogens with zero attached hydrogens (tertiary/aromatic N) is 2. The molecule has 0 aliphatic rings. The average Bonchev–Trinajstić information content (AvgIpc) is 2.30. The fraction of sp³-hybridized carbons (Fsp3) is 0.429. The maximum absolute atomic E-state index is 11.4. The molecule has 0 saturated heterocycles. The molecule has 1 heterocycles. The number of nitrogens with one attached hydrogen (secondary N) is 1. The summed E-state index contributed by atoms with van der Waals surface area (Å²) in [5.74, 6) is 0.130. The number of hydrogen-bond acceptors (Lipinski definition) is 3. The van der Waals surface area contributed by atoms with Gasteiger partial charge in [-0.3, -0.25) is 9.89 Å². The van der Waals surface area contributed by atoms with Crippen LogP contribution in [-0.2, 0) is 0 Å². The number of anilines is 1. The van der Waals surface area contributed by atoms with E-state index in [1.54, 1.807) is 21.0 Å². The minimum atomic E-state index is -0.126. The molecule has 5 heteroatoms. The van der Waals surface area contributed by atoms with Crippen molar-refractivity contribution in [2.45, 2.75) is 6.92 Å². The Morgan fingerprint density at radius 2 is 2.17 bits per heavy atom. The highest BCUT2D eigenvalue weighted by Crippen LogP contribution is 2.13. The van der Waals surface area contributed by atoms with Crippen molar-refractivity contribution in [3.8, 4) is 0 Å². The quantitative estimate of drug-likeness (QED) is 0.619. The van der Waals surface area contributed by atoms with Crippen molar-refractivity contribution in [2.24, 2.45) is 0 Å². The van der Waals surface area contributed by atoms with Crippen molar-refractivity contribution >= 4 is 11.7 Å². The standard InChI is InChI=1S/C7H12N4O/c1-4-5(6(8)10-9-4)7(12)11(2)3/h1-3H3,(H3,8,9,10). The topological polar surface area (TPSA) is 75.0 Å². The Hall–Kier alpha value is -1.52. The van der Waals surface area contributed by atoms with E-state index in [0.717, 1.165) is 0 Å². The lowest BCUT2D eigenvalue weighted by Crippen LogP contribution is -2.22. The zero-order valence-corrected chi connectivity index (χ0v) is 7.38. The van der Waals surface area contributed by atoms with Crippen LogP contribution in [0.4, 0.5) is 5.82 Å². The SMILES string of the molecule is Cc1[nH]nc(N)c1C(=O)N(C)C. The van der Waals surface area contributed by atoms with Gasteiger partial charge in [-0.05, 0) is 6.92 Å². The molecule has 1 rings (SSSR count). The van der Waals surface area contributed by atoms with Crippen molar-refractivity contribution in [3.05, 3.63) is 11.3 Å². The molecule has 0 aromatic carbocycles. The van der Waals surface area contributed by atoms with Gasteiger partial charge in [-0.2, -0.15) is 5.10 Å². The van der Waals surface area contributed by atoms with Gasteiger partial charge in [0.25, 0.3) is 5.91 Å². The first-order valence-corrected chi connectivity index (χ1v) is 3.56. The molecule has 12 heavy (non-hydrogen) atoms. The van der Waals surface area contributed by atoms with Crippen molar-refractivity contribution < 1.29 is 4.79 Å². The van der Waals surface area contributed by atoms with E-state index in [1.165, 1.54) is 4.90 Å². The summed E-state index contributed by atoms with van der Waals surface area (Å²) < 4.78 is 0. The molecule has 3 N–H and O–H groups in total. The molecule has 0 aliphatic heterocycles. The molecule has 0 unspecified atom stereocenters. The van der Waals surface area contributed by atoms with Crippen LogP contribution in [0.15, 0.2) is 0 Å². The second-order valence-electron chi connectivity index (χ2n) is 2.81. The van der Waals surface area contributed by atoms with E-state index in [1.807, 2.05) is 0 Å². The molecule has 0 atom stereocenters. The number of aromatic amines is 1. The minimum Gasteiger partial charge on any atom is -0.382 e. The van der Waals surface area contributed by atoms with Crippen LogP contribution in [0.25, 0.3) is 0 Å². The van der Waals surface area contributed by atoms with Crippen molar-refractivity contribution in [3.63, 3.8) is 0 Å². The van der Waals surface area contributed by atoms with Crippen LogP contribution in [0.3, 0.4) is 0 Å². The van der Waals surface area contributed by atoms with Gasteiger partial charge in [0.15, 0.2) is 5.82 Å². The fourth-order valence-electron chi connectivity index (χ4n) is 0.942. The number of aromatic nitrogens is 2. The highest BCUT2D eigenvalue weighted by Gasteiger charge is 2.16. The normalized spacial score (nSPS) is 9.92. The van der Waals surface area contributed by atoms with Gasteiger partial charge < -0.3 is 10.6 Å². The summed E-state index contributed by atoms with van der Waals surface area (Å²) >= 11 is 0. The zero-order valence-electron chi connectivity index (χ0n) is 7.38. The fourth-order valence-corrected chi connectivity index (χ4v) is 0.942. The van der Waals surface area contributed by atoms with Crippen molar-refractivity contribution in [1.82, 2.24) is 15.1 Å². The number of carbonyl (C=O) groups excluding carboxylic acids is 1. The Labute approximate surface area is 70.5 Å². The van der Waals surface area contributed by atoms with E-state index in [0.29, 0.717) is 11.3 Å². The maximum atomic E-state index is 11.4. The number of hydrogen-bond donors (Lipinski definition) is 2. The van der Waals surface area contributed by atoms with E-state index in [9.17, 15) is 4.79 Å². The summed E-state index contributed by atoms with van der Waals surface area (Å²) in [6.07, 6.45) is 0. The smallest absolute Gasteiger partial charge is 0.258 e. The number of carbonyl (C=O) groups is 1. The van der Waals surface area contributed by atoms with E-state index in [4.69, 9.17) is 5.73 Å². The number of rotatable bonds is 1. The van der Waals surface area contributed by atoms with E-state index in [-0.39, 0.29) is 11.7 Å². The molecular formula is C7H12N4O. The molecule has 0 fully saturated rings. The number of H-pyrrole nitrogens is 1. The zero-order chi connectivity index (χ0) is 9.30. The van der Waals surface area contributed by atoms with Gasteiger partial charge in [0.05, 0.1) is 0 Å². The second kappa shape index (κ2) is 2.84. The van der Waals surface area contributed by atoms with Gasteiger partial charge in [0.1, 0.15) is 5.56 Å². The van der Waals surface area contributed by atoms with Gasteiger partial charge in [-0.25, -0.2) is 0 Å². The maximum Gasteiger partial charge on any atom is 0.258 e. The molecule has 0 aliphatic carbocycles. The van der Waals surface area contributed by atoms with Crippen LogP contribution >= 0.6 is 0 Å². The molecule has 0 spiro atoms. The van der Waals surface area contributed by atoms with E-state index >= 15 is 0 Å². The lowest BCUT2D eigenvalue weighted by atomic mass is 10.2. The third-order valence-electron chi connectivity index (χ3n) is 1.60. The molecule has 1 aromatic heterocycles. The summed E-state index contributed by atoms with van der Waals surface area (Å²) in [4.78, 5) is 12.9. The van der Waals surface area contributed by atoms with Gasteiger partial charge in [0.2, 0.25) is 0 Å². The number of amides is 1. The summed E-state index contributed by atoms with van der Waals surface area (Å²) in [6, 6.07) is 0. The molecule has 5 nitrogen and oxygen atoms in total. The molecule has 1 aromatic rings. The Morgan fingerprint density at radius 3 is 2.50 bits per heavy atom. The Kier molecular flexibility index (Phi) is 2.03. The molecule has 0 saturated carbocycles. The highest BCUT2D eigenvalue weighted by atomic mass is 16.2. The van der Waals surface area contributed by atoms with Gasteiger partial charge in [0, 0.05) is 19.8 Å². The number of nitrogen functional groups attached to an aromatic ring is 1. The summed E-state index contributed by atoms with van der Waals surface area (Å²) in [6.45, 7) is 1.76. The average molecular weight is 168 g/mol. The second-order valence-corrected chi connectivity index (χ2v) is 2.81. The number of nitrogens with two attached hydrogens (primary N) is 1. The van der Waals surface area contributed by atoms with Crippen LogP contribution in [0.2, 0.25) is 0 Å². The van der Waals surface area contributed by atoms with Crippen molar-refractivity contribution in [2.75, 3.05) is 19.8 Å². The molecule has 1 amide bonds. The van der Waals surface area contributed by atoms with Crippen LogP contribution in [0.5, 0.6) is 0 Å². The first-order valence-electron chi connectivity index (χ1n) is 3.56. The van der Waals surface area contributed by atoms with Crippen LogP contribution < -0.4 is 5.73 Å². The Morgan fingerprint density at radius 1 is 1.58 bits per heavy atom. The lowest BCUT2D eigenvalue weighted by molar-refractivity contribution is 0.0828. The van der Waals surface area contributed by atoms with Crippen LogP contribution in [0, 0.1) is 6.92 Å². The largest absolute Gasteiger partial charge is 0.382 e. The molecule has 0 radical (unpaired) electrons. The summed E-state index contributed by atoms with van der Waals surface area (Å²) in [7, 11) is 3.35. The third kappa shape index (κ3) is 1.25. The van der Waals surface area contributed by atoms with Crippen LogP contribution in [0.1, 0.15) is 16.1 Å². The molecular weight excluding hydrogens is 156 g/mol. The Bertz CT molecular complexity index is 283. The van der Waals surface area contributed by atoms with E-state index < -0.39 is 0 Å². The highest BCUT2D eigenvalue weighted by molar-refractivity contribution is 5.99. The molecule has 66 valence electrons. The van der Waals surface area contributed by atoms with Gasteiger partial charge in [-0.1, -0.05) is 0 Å². The van der Waals surface area contributed by atoms with E-state index in [2.05, 4.69) is 10.2 Å². The molecule has 0 bridgehead atoms. The van der Waals surface area contributed by atoms with Gasteiger partial charge in [-0.15, -0.1) is 0 Å². The summed E-state index contributed by atoms with van der Waals surface area (Å²) in [5.41, 5.74) is 6.65. The first-order chi connectivity index (χ1) is 5.54. The predicted octanol–water partition coefficient (Wildman–Crippen LogP) is 0.00212. The summed E-state index contributed by atoms with van der Waals surface area (Å²) in [5, 5.41) is 6.38. The van der Waals surface area contributed by atoms with Crippen molar-refractivity contribution in [1.29, 1.82) is 0 Å². The number of aryl methyl sites for hydroxylation is 1. The monoisotopic (exact) mass is 168 g/mol. The van der Waals surface area contributed by atoms with Crippen LogP contribution in [-0.4, -0.2) is 35.1 Å². The first kappa shape index (κ1) is 8.58. The predicted molar refractivity (Wildman–Crippen MR) is 45.8 cm³/mol. The van der Waals surface area contributed by atoms with Gasteiger partial charge >= 0.3 is 0 Å². The minimum absolute atomic E-state index is 0.126. The lowest BCUT2D eigenvalue weighted by Gasteiger charge is -2.09. The Balaban J connectivity index is 3.09. The third-order valence-corrected chi connectivity index (χ3v) is 1.60.